The van der Waals surface area contributed by atoms with E-state index < -0.39 is 12.0 Å². The molecule has 1 heterocycles. The molecule has 2 atom stereocenters. The second-order valence-electron chi connectivity index (χ2n) is 3.80. The van der Waals surface area contributed by atoms with E-state index in [0.29, 0.717) is 5.75 Å². The van der Waals surface area contributed by atoms with E-state index in [1.807, 2.05) is 25.1 Å². The molecular weight excluding hydrogens is 290 g/mol. The van der Waals surface area contributed by atoms with Gasteiger partial charge in [0.15, 0.2) is 0 Å². The molecular formula is C11H12BrNO2S. The minimum absolute atomic E-state index is 0.0658. The molecule has 1 aromatic rings. The zero-order valence-electron chi connectivity index (χ0n) is 8.74. The average molecular weight is 302 g/mol. The highest BCUT2D eigenvalue weighted by Gasteiger charge is 2.31. The van der Waals surface area contributed by atoms with E-state index in [9.17, 15) is 4.79 Å². The molecule has 16 heavy (non-hydrogen) atoms. The number of carboxylic acids is 1. The predicted octanol–water partition coefficient (Wildman–Crippen LogP) is 2.55. The Kier molecular flexibility index (Phi) is 3.56. The van der Waals surface area contributed by atoms with Crippen molar-refractivity contribution in [3.8, 4) is 0 Å². The summed E-state index contributed by atoms with van der Waals surface area (Å²) in [4.78, 5) is 10.8. The summed E-state index contributed by atoms with van der Waals surface area (Å²) in [6.07, 6.45) is 0. The van der Waals surface area contributed by atoms with Crippen molar-refractivity contribution in [1.29, 1.82) is 0 Å². The van der Waals surface area contributed by atoms with Gasteiger partial charge in [-0.05, 0) is 24.1 Å². The quantitative estimate of drug-likeness (QED) is 0.881. The van der Waals surface area contributed by atoms with Crippen molar-refractivity contribution in [1.82, 2.24) is 5.32 Å². The Labute approximate surface area is 107 Å². The zero-order valence-corrected chi connectivity index (χ0v) is 11.1. The molecule has 2 N–H and O–H groups in total. The number of hydrogen-bond donors (Lipinski definition) is 2. The van der Waals surface area contributed by atoms with E-state index in [1.165, 1.54) is 5.56 Å². The van der Waals surface area contributed by atoms with Crippen LogP contribution >= 0.6 is 27.7 Å². The first-order valence-corrected chi connectivity index (χ1v) is 6.78. The minimum Gasteiger partial charge on any atom is -0.480 e. The average Bonchev–Trinajstić information content (AvgIpc) is 2.66. The first-order chi connectivity index (χ1) is 7.58. The normalized spacial score (nSPS) is 24.6. The fourth-order valence-electron chi connectivity index (χ4n) is 1.64. The van der Waals surface area contributed by atoms with E-state index in [4.69, 9.17) is 5.11 Å². The Balaban J connectivity index is 2.17. The molecule has 1 aromatic carbocycles. The topological polar surface area (TPSA) is 49.3 Å². The van der Waals surface area contributed by atoms with Gasteiger partial charge in [-0.2, -0.15) is 0 Å². The van der Waals surface area contributed by atoms with Crippen molar-refractivity contribution in [2.45, 2.75) is 18.3 Å². The lowest BCUT2D eigenvalue weighted by Gasteiger charge is -2.13. The third-order valence-corrected chi connectivity index (χ3v) is 4.45. The van der Waals surface area contributed by atoms with E-state index in [1.54, 1.807) is 11.8 Å². The van der Waals surface area contributed by atoms with Crippen LogP contribution in [0.1, 0.15) is 16.5 Å². The van der Waals surface area contributed by atoms with Crippen LogP contribution in [0.4, 0.5) is 0 Å². The molecule has 0 bridgehead atoms. The summed E-state index contributed by atoms with van der Waals surface area (Å²) < 4.78 is 1.03. The fourth-order valence-corrected chi connectivity index (χ4v) is 3.78. The van der Waals surface area contributed by atoms with Crippen molar-refractivity contribution in [2.75, 3.05) is 5.75 Å². The molecule has 0 amide bonds. The molecule has 5 heteroatoms. The molecule has 86 valence electrons. The van der Waals surface area contributed by atoms with Gasteiger partial charge in [0.05, 0.1) is 5.37 Å². The van der Waals surface area contributed by atoms with Gasteiger partial charge in [0, 0.05) is 10.2 Å². The third kappa shape index (κ3) is 2.42. The smallest absolute Gasteiger partial charge is 0.321 e. The Hall–Kier alpha value is -0.520. The molecule has 0 aliphatic carbocycles. The summed E-state index contributed by atoms with van der Waals surface area (Å²) in [7, 11) is 0. The van der Waals surface area contributed by atoms with E-state index in [0.717, 1.165) is 10.0 Å². The lowest BCUT2D eigenvalue weighted by atomic mass is 10.1. The molecule has 1 fully saturated rings. The molecule has 1 unspecified atom stereocenters. The Morgan fingerprint density at radius 1 is 1.62 bits per heavy atom. The van der Waals surface area contributed by atoms with E-state index >= 15 is 0 Å². The number of rotatable bonds is 2. The van der Waals surface area contributed by atoms with Crippen molar-refractivity contribution in [3.05, 3.63) is 33.8 Å². The molecule has 0 spiro atoms. The lowest BCUT2D eigenvalue weighted by molar-refractivity contribution is -0.138. The molecule has 2 rings (SSSR count). The van der Waals surface area contributed by atoms with Gasteiger partial charge < -0.3 is 5.11 Å². The summed E-state index contributed by atoms with van der Waals surface area (Å²) in [5.74, 6) is -0.168. The summed E-state index contributed by atoms with van der Waals surface area (Å²) in [6.45, 7) is 2.03. The first kappa shape index (κ1) is 12.0. The van der Waals surface area contributed by atoms with Crippen LogP contribution in [-0.2, 0) is 4.79 Å². The number of halogens is 1. The maximum absolute atomic E-state index is 10.8. The molecule has 0 aromatic heterocycles. The monoisotopic (exact) mass is 301 g/mol. The van der Waals surface area contributed by atoms with Crippen molar-refractivity contribution < 1.29 is 9.90 Å². The second-order valence-corrected chi connectivity index (χ2v) is 5.79. The Bertz CT molecular complexity index is 424. The second kappa shape index (κ2) is 4.77. The standard InChI is InChI=1S/C11H12BrNO2S/c1-6-2-3-7(8(12)4-6)10-13-9(5-16-10)11(14)15/h2-4,9-10,13H,5H2,1H3,(H,14,15)/t9-,10?/m1/s1. The van der Waals surface area contributed by atoms with Crippen LogP contribution in [0.5, 0.6) is 0 Å². The molecule has 3 nitrogen and oxygen atoms in total. The fraction of sp³-hybridized carbons (Fsp3) is 0.364. The minimum atomic E-state index is -0.779. The van der Waals surface area contributed by atoms with Crippen LogP contribution in [0.25, 0.3) is 0 Å². The number of carboxylic acid groups (broad SMARTS) is 1. The maximum atomic E-state index is 10.8. The summed E-state index contributed by atoms with van der Waals surface area (Å²) in [5.41, 5.74) is 2.30. The third-order valence-electron chi connectivity index (χ3n) is 2.52. The summed E-state index contributed by atoms with van der Waals surface area (Å²) in [5, 5.41) is 12.1. The van der Waals surface area contributed by atoms with Crippen LogP contribution in [0.15, 0.2) is 22.7 Å². The predicted molar refractivity (Wildman–Crippen MR) is 68.6 cm³/mol. The Morgan fingerprint density at radius 3 is 2.94 bits per heavy atom. The SMILES string of the molecule is Cc1ccc(C2N[C@@H](C(=O)O)CS2)c(Br)c1. The van der Waals surface area contributed by atoms with Gasteiger partial charge in [0.1, 0.15) is 6.04 Å². The number of carbonyl (C=O) groups is 1. The van der Waals surface area contributed by atoms with Gasteiger partial charge in [-0.3, -0.25) is 10.1 Å². The van der Waals surface area contributed by atoms with Crippen LogP contribution in [-0.4, -0.2) is 22.9 Å². The highest BCUT2D eigenvalue weighted by atomic mass is 79.9. The molecule has 0 saturated carbocycles. The van der Waals surface area contributed by atoms with Crippen molar-refractivity contribution in [3.63, 3.8) is 0 Å². The van der Waals surface area contributed by atoms with Crippen LogP contribution < -0.4 is 5.32 Å². The number of aryl methyl sites for hydroxylation is 1. The highest BCUT2D eigenvalue weighted by Crippen LogP contribution is 2.36. The van der Waals surface area contributed by atoms with Gasteiger partial charge in [-0.25, -0.2) is 0 Å². The first-order valence-electron chi connectivity index (χ1n) is 4.94. The van der Waals surface area contributed by atoms with Gasteiger partial charge in [0.25, 0.3) is 0 Å². The summed E-state index contributed by atoms with van der Waals surface area (Å²) >= 11 is 5.14. The van der Waals surface area contributed by atoms with Crippen LogP contribution in [0, 0.1) is 6.92 Å². The van der Waals surface area contributed by atoms with Crippen LogP contribution in [0.2, 0.25) is 0 Å². The molecule has 1 aliphatic heterocycles. The maximum Gasteiger partial charge on any atom is 0.321 e. The molecule has 0 radical (unpaired) electrons. The molecule has 1 saturated heterocycles. The summed E-state index contributed by atoms with van der Waals surface area (Å²) in [6, 6.07) is 5.68. The van der Waals surface area contributed by atoms with E-state index in [2.05, 4.69) is 21.2 Å². The lowest BCUT2D eigenvalue weighted by Crippen LogP contribution is -2.33. The van der Waals surface area contributed by atoms with E-state index in [-0.39, 0.29) is 5.37 Å². The van der Waals surface area contributed by atoms with Crippen LogP contribution in [0.3, 0.4) is 0 Å². The van der Waals surface area contributed by atoms with Gasteiger partial charge in [-0.15, -0.1) is 11.8 Å². The highest BCUT2D eigenvalue weighted by molar-refractivity contribution is 9.10. The van der Waals surface area contributed by atoms with Gasteiger partial charge in [0.2, 0.25) is 0 Å². The van der Waals surface area contributed by atoms with Crippen molar-refractivity contribution >= 4 is 33.7 Å². The van der Waals surface area contributed by atoms with Gasteiger partial charge >= 0.3 is 5.97 Å². The number of benzene rings is 1. The number of hydrogen-bond acceptors (Lipinski definition) is 3. The Morgan fingerprint density at radius 2 is 2.38 bits per heavy atom. The van der Waals surface area contributed by atoms with Gasteiger partial charge in [-0.1, -0.05) is 28.1 Å². The van der Waals surface area contributed by atoms with Crippen molar-refractivity contribution in [2.24, 2.45) is 0 Å². The molecule has 1 aliphatic rings. The number of aliphatic carboxylic acids is 1. The number of thioether (sulfide) groups is 1. The number of nitrogens with one attached hydrogen (secondary N) is 1. The zero-order chi connectivity index (χ0) is 11.7. The largest absolute Gasteiger partial charge is 0.480 e.